The van der Waals surface area contributed by atoms with Crippen LogP contribution in [0.3, 0.4) is 0 Å². The summed E-state index contributed by atoms with van der Waals surface area (Å²) in [7, 11) is 0. The summed E-state index contributed by atoms with van der Waals surface area (Å²) in [5, 5.41) is 18.5. The van der Waals surface area contributed by atoms with Crippen molar-refractivity contribution in [3.8, 4) is 11.8 Å². The molecule has 1 aliphatic rings. The van der Waals surface area contributed by atoms with Gasteiger partial charge in [0.1, 0.15) is 29.8 Å². The molecule has 2 aromatic rings. The Balaban J connectivity index is 2.34. The second kappa shape index (κ2) is 5.59. The van der Waals surface area contributed by atoms with E-state index in [9.17, 15) is 19.6 Å². The molecule has 0 saturated carbocycles. The highest BCUT2D eigenvalue weighted by Crippen LogP contribution is 2.41. The number of hydrogen-bond donors (Lipinski definition) is 2. The van der Waals surface area contributed by atoms with Crippen LogP contribution in [-0.4, -0.2) is 5.11 Å². The molecule has 23 heavy (non-hydrogen) atoms. The van der Waals surface area contributed by atoms with Gasteiger partial charge >= 0.3 is 0 Å². The molecule has 0 radical (unpaired) electrons. The standard InChI is InChI=1S/C16H11FN2O4/c17-11-4-2-1-3-9(11)13-10(6-18)16(19)23-14-12(21)5-8(7-20)22-15(13)14/h1-5,13,20H,7,19H2/t13-/m0/s1. The van der Waals surface area contributed by atoms with Crippen LogP contribution in [0.4, 0.5) is 4.39 Å². The average molecular weight is 314 g/mol. The maximum absolute atomic E-state index is 14.2. The van der Waals surface area contributed by atoms with Gasteiger partial charge in [-0.05, 0) is 6.07 Å². The lowest BCUT2D eigenvalue weighted by Gasteiger charge is -2.24. The first-order valence-electron chi connectivity index (χ1n) is 6.66. The van der Waals surface area contributed by atoms with E-state index in [1.807, 2.05) is 6.07 Å². The van der Waals surface area contributed by atoms with Crippen molar-refractivity contribution in [1.29, 1.82) is 5.26 Å². The third-order valence-corrected chi connectivity index (χ3v) is 3.50. The SMILES string of the molecule is N#CC1=C(N)Oc2c(oc(CO)cc2=O)[C@H]1c1ccccc1F. The van der Waals surface area contributed by atoms with Gasteiger partial charge in [0, 0.05) is 11.6 Å². The minimum atomic E-state index is -1.02. The average Bonchev–Trinajstić information content (AvgIpc) is 2.55. The van der Waals surface area contributed by atoms with Crippen molar-refractivity contribution in [1.82, 2.24) is 0 Å². The predicted octanol–water partition coefficient (Wildman–Crippen LogP) is 1.49. The summed E-state index contributed by atoms with van der Waals surface area (Å²) in [4.78, 5) is 12.1. The van der Waals surface area contributed by atoms with Gasteiger partial charge in [-0.1, -0.05) is 18.2 Å². The maximum atomic E-state index is 14.2. The number of nitriles is 1. The molecule has 0 fully saturated rings. The van der Waals surface area contributed by atoms with Gasteiger partial charge in [-0.2, -0.15) is 5.26 Å². The highest BCUT2D eigenvalue weighted by atomic mass is 19.1. The summed E-state index contributed by atoms with van der Waals surface area (Å²) in [6.45, 7) is -0.520. The fraction of sp³-hybridized carbons (Fsp3) is 0.125. The Morgan fingerprint density at radius 2 is 2.13 bits per heavy atom. The Bertz CT molecular complexity index is 911. The topological polar surface area (TPSA) is 109 Å². The normalized spacial score (nSPS) is 16.5. The van der Waals surface area contributed by atoms with E-state index in [4.69, 9.17) is 14.9 Å². The molecular weight excluding hydrogens is 303 g/mol. The van der Waals surface area contributed by atoms with Crippen molar-refractivity contribution in [3.05, 3.63) is 74.9 Å². The van der Waals surface area contributed by atoms with Crippen LogP contribution >= 0.6 is 0 Å². The molecule has 1 aromatic carbocycles. The number of aliphatic hydroxyl groups is 1. The van der Waals surface area contributed by atoms with E-state index in [0.29, 0.717) is 0 Å². The van der Waals surface area contributed by atoms with Crippen LogP contribution in [0.15, 0.2) is 51.0 Å². The van der Waals surface area contributed by atoms with Gasteiger partial charge in [0.15, 0.2) is 5.76 Å². The molecule has 0 saturated heterocycles. The number of aliphatic hydroxyl groups excluding tert-OH is 1. The molecule has 0 amide bonds. The summed E-state index contributed by atoms with van der Waals surface area (Å²) in [5.41, 5.74) is 5.18. The van der Waals surface area contributed by atoms with Crippen molar-refractivity contribution in [2.24, 2.45) is 5.73 Å². The molecule has 7 heteroatoms. The van der Waals surface area contributed by atoms with E-state index >= 15 is 0 Å². The van der Waals surface area contributed by atoms with Crippen molar-refractivity contribution in [2.45, 2.75) is 12.5 Å². The first-order valence-corrected chi connectivity index (χ1v) is 6.66. The van der Waals surface area contributed by atoms with Crippen molar-refractivity contribution in [3.63, 3.8) is 0 Å². The molecule has 6 nitrogen and oxygen atoms in total. The first kappa shape index (κ1) is 14.8. The van der Waals surface area contributed by atoms with Crippen LogP contribution in [-0.2, 0) is 6.61 Å². The summed E-state index contributed by atoms with van der Waals surface area (Å²) < 4.78 is 24.8. The third-order valence-electron chi connectivity index (χ3n) is 3.50. The fourth-order valence-electron chi connectivity index (χ4n) is 2.48. The molecule has 1 atom stereocenters. The predicted molar refractivity (Wildman–Crippen MR) is 76.6 cm³/mol. The Hall–Kier alpha value is -3.11. The van der Waals surface area contributed by atoms with Gasteiger partial charge in [0.05, 0.1) is 5.92 Å². The molecule has 0 unspecified atom stereocenters. The minimum absolute atomic E-state index is 0.0172. The van der Waals surface area contributed by atoms with Crippen LogP contribution in [0.5, 0.6) is 5.75 Å². The number of hydrogen-bond acceptors (Lipinski definition) is 6. The number of fused-ring (bicyclic) bond motifs is 1. The summed E-state index contributed by atoms with van der Waals surface area (Å²) in [6.07, 6.45) is 0. The lowest BCUT2D eigenvalue weighted by Crippen LogP contribution is -2.25. The van der Waals surface area contributed by atoms with E-state index in [2.05, 4.69) is 0 Å². The molecule has 2 heterocycles. The summed E-state index contributed by atoms with van der Waals surface area (Å²) in [6, 6.07) is 8.70. The number of nitrogens with two attached hydrogens (primary N) is 1. The zero-order valence-corrected chi connectivity index (χ0v) is 11.7. The lowest BCUT2D eigenvalue weighted by molar-refractivity contribution is 0.231. The van der Waals surface area contributed by atoms with Gasteiger partial charge in [-0.15, -0.1) is 0 Å². The van der Waals surface area contributed by atoms with Crippen LogP contribution in [0.2, 0.25) is 0 Å². The molecule has 3 rings (SSSR count). The minimum Gasteiger partial charge on any atom is -0.458 e. The number of halogens is 1. The van der Waals surface area contributed by atoms with E-state index in [1.54, 1.807) is 6.07 Å². The van der Waals surface area contributed by atoms with E-state index in [1.165, 1.54) is 18.2 Å². The number of benzene rings is 1. The largest absolute Gasteiger partial charge is 0.458 e. The van der Waals surface area contributed by atoms with E-state index in [-0.39, 0.29) is 34.3 Å². The van der Waals surface area contributed by atoms with Crippen molar-refractivity contribution < 1.29 is 18.7 Å². The molecule has 0 spiro atoms. The molecule has 3 N–H and O–H groups in total. The summed E-state index contributed by atoms with van der Waals surface area (Å²) >= 11 is 0. The van der Waals surface area contributed by atoms with E-state index < -0.39 is 23.8 Å². The van der Waals surface area contributed by atoms with E-state index in [0.717, 1.165) is 6.07 Å². The molecular formula is C16H11FN2O4. The highest BCUT2D eigenvalue weighted by Gasteiger charge is 2.36. The monoisotopic (exact) mass is 314 g/mol. The van der Waals surface area contributed by atoms with Gasteiger partial charge in [-0.3, -0.25) is 4.79 Å². The molecule has 0 bridgehead atoms. The van der Waals surface area contributed by atoms with Gasteiger partial charge in [0.2, 0.25) is 17.1 Å². The van der Waals surface area contributed by atoms with Crippen LogP contribution in [0, 0.1) is 17.1 Å². The number of allylic oxidation sites excluding steroid dienone is 1. The Morgan fingerprint density at radius 1 is 1.39 bits per heavy atom. The Kier molecular flexibility index (Phi) is 3.60. The van der Waals surface area contributed by atoms with Gasteiger partial charge in [0.25, 0.3) is 0 Å². The number of rotatable bonds is 2. The zero-order chi connectivity index (χ0) is 16.6. The molecule has 1 aromatic heterocycles. The first-order chi connectivity index (χ1) is 11.1. The summed E-state index contributed by atoms with van der Waals surface area (Å²) in [5.74, 6) is -2.18. The molecule has 1 aliphatic heterocycles. The number of ether oxygens (including phenoxy) is 1. The Labute approximate surface area is 129 Å². The lowest BCUT2D eigenvalue weighted by atomic mass is 9.87. The van der Waals surface area contributed by atoms with Crippen molar-refractivity contribution in [2.75, 3.05) is 0 Å². The second-order valence-electron chi connectivity index (χ2n) is 4.87. The van der Waals surface area contributed by atoms with Crippen molar-refractivity contribution >= 4 is 0 Å². The number of nitrogens with zero attached hydrogens (tertiary/aromatic N) is 1. The van der Waals surface area contributed by atoms with Crippen LogP contribution < -0.4 is 15.9 Å². The quantitative estimate of drug-likeness (QED) is 0.869. The van der Waals surface area contributed by atoms with Gasteiger partial charge < -0.3 is 20.0 Å². The van der Waals surface area contributed by atoms with Gasteiger partial charge in [-0.25, -0.2) is 4.39 Å². The molecule has 0 aliphatic carbocycles. The maximum Gasteiger partial charge on any atom is 0.228 e. The Morgan fingerprint density at radius 3 is 2.78 bits per heavy atom. The second-order valence-corrected chi connectivity index (χ2v) is 4.87. The smallest absolute Gasteiger partial charge is 0.228 e. The fourth-order valence-corrected chi connectivity index (χ4v) is 2.48. The highest BCUT2D eigenvalue weighted by molar-refractivity contribution is 5.52. The van der Waals surface area contributed by atoms with Crippen LogP contribution in [0.1, 0.15) is 23.0 Å². The zero-order valence-electron chi connectivity index (χ0n) is 11.7. The molecule has 116 valence electrons. The van der Waals surface area contributed by atoms with Crippen LogP contribution in [0.25, 0.3) is 0 Å². The third kappa shape index (κ3) is 2.35.